The lowest BCUT2D eigenvalue weighted by Gasteiger charge is -2.37. The molecule has 1 N–H and O–H groups in total. The smallest absolute Gasteiger partial charge is 0.306 e. The molecule has 0 aliphatic carbocycles. The predicted octanol–water partition coefficient (Wildman–Crippen LogP) is 3.63. The van der Waals surface area contributed by atoms with Crippen molar-refractivity contribution >= 4 is 5.97 Å². The van der Waals surface area contributed by atoms with E-state index in [1.807, 2.05) is 18.2 Å². The van der Waals surface area contributed by atoms with Crippen molar-refractivity contribution in [3.63, 3.8) is 0 Å². The van der Waals surface area contributed by atoms with E-state index in [0.717, 1.165) is 44.3 Å². The number of nitrogens with one attached hydrogen (secondary N) is 1. The molecule has 1 aliphatic heterocycles. The lowest BCUT2D eigenvalue weighted by atomic mass is 9.84. The minimum absolute atomic E-state index is 0.0543. The molecule has 0 spiro atoms. The van der Waals surface area contributed by atoms with E-state index in [-0.39, 0.29) is 5.97 Å². The highest BCUT2D eigenvalue weighted by atomic mass is 16.6. The summed E-state index contributed by atoms with van der Waals surface area (Å²) in [6, 6.07) is 10.2. The first kappa shape index (κ1) is 16.0. The van der Waals surface area contributed by atoms with E-state index < -0.39 is 5.60 Å². The summed E-state index contributed by atoms with van der Waals surface area (Å²) in [6.07, 6.45) is 4.23. The van der Waals surface area contributed by atoms with E-state index in [0.29, 0.717) is 12.3 Å². The molecule has 0 atom stereocenters. The summed E-state index contributed by atoms with van der Waals surface area (Å²) in [6.45, 7) is 6.16. The molecule has 116 valence electrons. The van der Waals surface area contributed by atoms with Crippen LogP contribution in [0.4, 0.5) is 0 Å². The zero-order valence-corrected chi connectivity index (χ0v) is 13.2. The Labute approximate surface area is 128 Å². The van der Waals surface area contributed by atoms with Crippen LogP contribution < -0.4 is 5.32 Å². The molecule has 0 saturated carbocycles. The van der Waals surface area contributed by atoms with Gasteiger partial charge in [-0.3, -0.25) is 4.79 Å². The third kappa shape index (κ3) is 4.57. The number of carbonyl (C=O) groups excluding carboxylic acids is 1. The standard InChI is InChI=1S/C18H27NO2/c1-15(2)7-6-10-17(20)21-18(11-13-19-14-12-18)16-8-4-3-5-9-16/h3-5,8-9,15,19H,6-7,10-14H2,1-2H3. The van der Waals surface area contributed by atoms with Crippen LogP contribution in [-0.4, -0.2) is 19.1 Å². The van der Waals surface area contributed by atoms with Crippen LogP contribution in [0, 0.1) is 5.92 Å². The maximum absolute atomic E-state index is 12.2. The van der Waals surface area contributed by atoms with Crippen molar-refractivity contribution in [2.24, 2.45) is 5.92 Å². The van der Waals surface area contributed by atoms with Crippen molar-refractivity contribution in [2.75, 3.05) is 13.1 Å². The van der Waals surface area contributed by atoms with Crippen LogP contribution in [-0.2, 0) is 15.1 Å². The van der Waals surface area contributed by atoms with Crippen LogP contribution in [0.3, 0.4) is 0 Å². The Bertz CT molecular complexity index is 436. The van der Waals surface area contributed by atoms with Gasteiger partial charge in [-0.25, -0.2) is 0 Å². The molecule has 2 rings (SSSR count). The summed E-state index contributed by atoms with van der Waals surface area (Å²) in [7, 11) is 0. The Morgan fingerprint density at radius 2 is 1.90 bits per heavy atom. The van der Waals surface area contributed by atoms with E-state index in [4.69, 9.17) is 4.74 Å². The summed E-state index contributed by atoms with van der Waals surface area (Å²) in [4.78, 5) is 12.2. The number of ether oxygens (including phenoxy) is 1. The average Bonchev–Trinajstić information content (AvgIpc) is 2.48. The van der Waals surface area contributed by atoms with Crippen LogP contribution >= 0.6 is 0 Å². The minimum Gasteiger partial charge on any atom is -0.454 e. The molecule has 1 heterocycles. The highest BCUT2D eigenvalue weighted by molar-refractivity contribution is 5.70. The predicted molar refractivity (Wildman–Crippen MR) is 85.0 cm³/mol. The van der Waals surface area contributed by atoms with Gasteiger partial charge in [-0.2, -0.15) is 0 Å². The molecule has 0 unspecified atom stereocenters. The van der Waals surface area contributed by atoms with Gasteiger partial charge in [-0.05, 0) is 31.0 Å². The van der Waals surface area contributed by atoms with Gasteiger partial charge in [0.15, 0.2) is 0 Å². The zero-order valence-electron chi connectivity index (χ0n) is 13.2. The molecule has 1 aromatic carbocycles. The Morgan fingerprint density at radius 3 is 2.52 bits per heavy atom. The molecule has 1 fully saturated rings. The molecule has 0 radical (unpaired) electrons. The molecule has 3 nitrogen and oxygen atoms in total. The highest BCUT2D eigenvalue weighted by Crippen LogP contribution is 2.35. The van der Waals surface area contributed by atoms with Crippen molar-refractivity contribution in [1.29, 1.82) is 0 Å². The van der Waals surface area contributed by atoms with Gasteiger partial charge in [-0.1, -0.05) is 50.6 Å². The second-order valence-corrected chi connectivity index (χ2v) is 6.37. The quantitative estimate of drug-likeness (QED) is 0.813. The van der Waals surface area contributed by atoms with Gasteiger partial charge in [0.25, 0.3) is 0 Å². The van der Waals surface area contributed by atoms with E-state index in [1.165, 1.54) is 0 Å². The van der Waals surface area contributed by atoms with Crippen LogP contribution in [0.25, 0.3) is 0 Å². The van der Waals surface area contributed by atoms with Gasteiger partial charge in [0.2, 0.25) is 0 Å². The fourth-order valence-electron chi connectivity index (χ4n) is 2.95. The summed E-state index contributed by atoms with van der Waals surface area (Å²) in [5.41, 5.74) is 0.699. The first-order valence-electron chi connectivity index (χ1n) is 8.10. The Kier molecular flexibility index (Phi) is 5.80. The lowest BCUT2D eigenvalue weighted by Crippen LogP contribution is -2.43. The SMILES string of the molecule is CC(C)CCCC(=O)OC1(c2ccccc2)CCNCC1. The maximum Gasteiger partial charge on any atom is 0.306 e. The van der Waals surface area contributed by atoms with Gasteiger partial charge in [0.05, 0.1) is 0 Å². The number of benzene rings is 1. The van der Waals surface area contributed by atoms with Gasteiger partial charge in [0.1, 0.15) is 5.60 Å². The summed E-state index contributed by atoms with van der Waals surface area (Å²) in [5.74, 6) is 0.584. The van der Waals surface area contributed by atoms with Crippen molar-refractivity contribution in [3.8, 4) is 0 Å². The third-order valence-electron chi connectivity index (χ3n) is 4.18. The highest BCUT2D eigenvalue weighted by Gasteiger charge is 2.37. The molecule has 0 bridgehead atoms. The molecule has 1 aliphatic rings. The topological polar surface area (TPSA) is 38.3 Å². The first-order valence-corrected chi connectivity index (χ1v) is 8.10. The van der Waals surface area contributed by atoms with Gasteiger partial charge >= 0.3 is 5.97 Å². The summed E-state index contributed by atoms with van der Waals surface area (Å²) >= 11 is 0. The number of esters is 1. The normalized spacial score (nSPS) is 17.7. The monoisotopic (exact) mass is 289 g/mol. The largest absolute Gasteiger partial charge is 0.454 e. The van der Waals surface area contributed by atoms with Crippen molar-refractivity contribution in [3.05, 3.63) is 35.9 Å². The second kappa shape index (κ2) is 7.60. The molecular formula is C18H27NO2. The number of carbonyl (C=O) groups is 1. The lowest BCUT2D eigenvalue weighted by molar-refractivity contribution is -0.164. The second-order valence-electron chi connectivity index (χ2n) is 6.37. The van der Waals surface area contributed by atoms with Crippen LogP contribution in [0.15, 0.2) is 30.3 Å². The number of hydrogen-bond donors (Lipinski definition) is 1. The van der Waals surface area contributed by atoms with Crippen LogP contribution in [0.2, 0.25) is 0 Å². The number of hydrogen-bond acceptors (Lipinski definition) is 3. The van der Waals surface area contributed by atoms with Gasteiger partial charge < -0.3 is 10.1 Å². The molecule has 21 heavy (non-hydrogen) atoms. The number of rotatable bonds is 6. The fraction of sp³-hybridized carbons (Fsp3) is 0.611. The third-order valence-corrected chi connectivity index (χ3v) is 4.18. The Morgan fingerprint density at radius 1 is 1.24 bits per heavy atom. The summed E-state index contributed by atoms with van der Waals surface area (Å²) in [5, 5.41) is 3.35. The minimum atomic E-state index is -0.429. The van der Waals surface area contributed by atoms with Crippen LogP contribution in [0.5, 0.6) is 0 Å². The van der Waals surface area contributed by atoms with Crippen molar-refractivity contribution < 1.29 is 9.53 Å². The van der Waals surface area contributed by atoms with Gasteiger partial charge in [-0.15, -0.1) is 0 Å². The van der Waals surface area contributed by atoms with E-state index in [2.05, 4.69) is 31.3 Å². The van der Waals surface area contributed by atoms with E-state index >= 15 is 0 Å². The summed E-state index contributed by atoms with van der Waals surface area (Å²) < 4.78 is 5.97. The molecular weight excluding hydrogens is 262 g/mol. The first-order chi connectivity index (χ1) is 10.1. The molecule has 0 aromatic heterocycles. The van der Waals surface area contributed by atoms with Gasteiger partial charge in [0, 0.05) is 19.3 Å². The molecule has 1 saturated heterocycles. The van der Waals surface area contributed by atoms with Crippen LogP contribution in [0.1, 0.15) is 51.5 Å². The van der Waals surface area contributed by atoms with Crippen molar-refractivity contribution in [1.82, 2.24) is 5.32 Å². The molecule has 0 amide bonds. The fourth-order valence-corrected chi connectivity index (χ4v) is 2.95. The maximum atomic E-state index is 12.2. The Hall–Kier alpha value is -1.35. The number of piperidine rings is 1. The van der Waals surface area contributed by atoms with Crippen molar-refractivity contribution in [2.45, 2.75) is 51.6 Å². The Balaban J connectivity index is 2.02. The molecule has 1 aromatic rings. The molecule has 3 heteroatoms. The van der Waals surface area contributed by atoms with E-state index in [9.17, 15) is 4.79 Å². The van der Waals surface area contributed by atoms with E-state index in [1.54, 1.807) is 0 Å². The zero-order chi connectivity index (χ0) is 15.1. The average molecular weight is 289 g/mol.